The third-order valence-corrected chi connectivity index (χ3v) is 1.70. The van der Waals surface area contributed by atoms with Gasteiger partial charge in [-0.15, -0.1) is 0 Å². The van der Waals surface area contributed by atoms with E-state index in [1.54, 1.807) is 4.68 Å². The third-order valence-electron chi connectivity index (χ3n) is 1.70. The zero-order valence-electron chi connectivity index (χ0n) is 6.45. The molecular formula is C6H9N5O. The fraction of sp³-hybridized carbons (Fsp3) is 0.500. The van der Waals surface area contributed by atoms with E-state index in [-0.39, 0.29) is 5.91 Å². The number of hydrogen-bond donors (Lipinski definition) is 2. The van der Waals surface area contributed by atoms with Crippen LogP contribution < -0.4 is 11.1 Å². The number of fused-ring (bicyclic) bond motifs is 1. The second-order valence-corrected chi connectivity index (χ2v) is 2.58. The van der Waals surface area contributed by atoms with Crippen molar-refractivity contribution in [2.75, 3.05) is 5.32 Å². The first-order valence-corrected chi connectivity index (χ1v) is 3.73. The van der Waals surface area contributed by atoms with Gasteiger partial charge < -0.3 is 5.73 Å². The van der Waals surface area contributed by atoms with E-state index in [4.69, 9.17) is 5.73 Å². The van der Waals surface area contributed by atoms with Crippen molar-refractivity contribution < 1.29 is 4.79 Å². The molecule has 12 heavy (non-hydrogen) atoms. The van der Waals surface area contributed by atoms with Gasteiger partial charge in [-0.2, -0.15) is 10.1 Å². The molecule has 2 heterocycles. The molecule has 0 unspecified atom stereocenters. The number of nitrogens with one attached hydrogen (secondary N) is 1. The van der Waals surface area contributed by atoms with Gasteiger partial charge in [0, 0.05) is 6.42 Å². The summed E-state index contributed by atoms with van der Waals surface area (Å²) < 4.78 is 1.66. The first-order chi connectivity index (χ1) is 5.79. The smallest absolute Gasteiger partial charge is 0.228 e. The Morgan fingerprint density at radius 3 is 3.25 bits per heavy atom. The molecular weight excluding hydrogens is 158 g/mol. The van der Waals surface area contributed by atoms with Crippen LogP contribution in [0.4, 0.5) is 5.95 Å². The summed E-state index contributed by atoms with van der Waals surface area (Å²) in [5.74, 6) is 1.05. The summed E-state index contributed by atoms with van der Waals surface area (Å²) in [5.41, 5.74) is 5.35. The Balaban J connectivity index is 2.34. The highest BCUT2D eigenvalue weighted by atomic mass is 16.2. The van der Waals surface area contributed by atoms with E-state index < -0.39 is 0 Å². The summed E-state index contributed by atoms with van der Waals surface area (Å²) in [6.07, 6.45) is 0.459. The van der Waals surface area contributed by atoms with Gasteiger partial charge in [0.25, 0.3) is 0 Å². The van der Waals surface area contributed by atoms with Crippen molar-refractivity contribution in [3.63, 3.8) is 0 Å². The summed E-state index contributed by atoms with van der Waals surface area (Å²) in [4.78, 5) is 14.9. The van der Waals surface area contributed by atoms with Crippen molar-refractivity contribution in [3.8, 4) is 0 Å². The van der Waals surface area contributed by atoms with Crippen LogP contribution in [-0.2, 0) is 17.9 Å². The van der Waals surface area contributed by atoms with Crippen molar-refractivity contribution in [1.82, 2.24) is 14.8 Å². The number of rotatable bonds is 1. The predicted octanol–water partition coefficient (Wildman–Crippen LogP) is -0.921. The van der Waals surface area contributed by atoms with Crippen molar-refractivity contribution in [2.24, 2.45) is 5.73 Å². The fourth-order valence-electron chi connectivity index (χ4n) is 1.12. The highest BCUT2D eigenvalue weighted by Crippen LogP contribution is 2.10. The lowest BCUT2D eigenvalue weighted by molar-refractivity contribution is -0.117. The Labute approximate surface area is 68.8 Å². The second kappa shape index (κ2) is 2.56. The minimum atomic E-state index is -0.0153. The molecule has 1 aliphatic rings. The largest absolute Gasteiger partial charge is 0.324 e. The molecule has 0 radical (unpaired) electrons. The number of carbonyl (C=O) groups excluding carboxylic acids is 1. The van der Waals surface area contributed by atoms with Crippen LogP contribution in [0.1, 0.15) is 12.2 Å². The van der Waals surface area contributed by atoms with E-state index in [1.165, 1.54) is 0 Å². The van der Waals surface area contributed by atoms with Crippen molar-refractivity contribution in [3.05, 3.63) is 5.82 Å². The molecule has 1 aliphatic heterocycles. The Kier molecular flexibility index (Phi) is 1.54. The summed E-state index contributed by atoms with van der Waals surface area (Å²) in [6.45, 7) is 0.893. The monoisotopic (exact) mass is 167 g/mol. The molecule has 64 valence electrons. The molecule has 1 aromatic rings. The van der Waals surface area contributed by atoms with E-state index in [0.717, 1.165) is 0 Å². The van der Waals surface area contributed by atoms with Crippen molar-refractivity contribution in [2.45, 2.75) is 19.5 Å². The van der Waals surface area contributed by atoms with Gasteiger partial charge in [0.2, 0.25) is 11.9 Å². The van der Waals surface area contributed by atoms with Gasteiger partial charge in [-0.1, -0.05) is 0 Å². The number of anilines is 1. The summed E-state index contributed by atoms with van der Waals surface area (Å²) in [7, 11) is 0. The molecule has 0 saturated heterocycles. The number of aromatic nitrogens is 3. The number of hydrogen-bond acceptors (Lipinski definition) is 4. The third kappa shape index (κ3) is 1.06. The second-order valence-electron chi connectivity index (χ2n) is 2.58. The standard InChI is InChI=1S/C6H9N5O/c7-3-4-8-6-9-5(12)1-2-11(6)10-4/h1-3,7H2,(H,8,9,10,12). The van der Waals surface area contributed by atoms with Gasteiger partial charge in [0.15, 0.2) is 5.82 Å². The van der Waals surface area contributed by atoms with Crippen LogP contribution in [0.25, 0.3) is 0 Å². The van der Waals surface area contributed by atoms with E-state index in [0.29, 0.717) is 31.3 Å². The molecule has 0 aromatic carbocycles. The minimum absolute atomic E-state index is 0.0153. The van der Waals surface area contributed by atoms with E-state index >= 15 is 0 Å². The van der Waals surface area contributed by atoms with Gasteiger partial charge in [0.05, 0.1) is 13.1 Å². The van der Waals surface area contributed by atoms with Crippen LogP contribution in [0, 0.1) is 0 Å². The maximum Gasteiger partial charge on any atom is 0.228 e. The summed E-state index contributed by atoms with van der Waals surface area (Å²) >= 11 is 0. The molecule has 3 N–H and O–H groups in total. The molecule has 0 saturated carbocycles. The van der Waals surface area contributed by atoms with Crippen molar-refractivity contribution >= 4 is 11.9 Å². The molecule has 0 bridgehead atoms. The first kappa shape index (κ1) is 7.23. The molecule has 0 atom stereocenters. The zero-order valence-corrected chi connectivity index (χ0v) is 6.45. The topological polar surface area (TPSA) is 85.8 Å². The van der Waals surface area contributed by atoms with Crippen LogP contribution in [0.3, 0.4) is 0 Å². The number of carbonyl (C=O) groups is 1. The van der Waals surface area contributed by atoms with Gasteiger partial charge in [-0.05, 0) is 0 Å². The molecule has 2 rings (SSSR count). The van der Waals surface area contributed by atoms with Crippen LogP contribution in [0.5, 0.6) is 0 Å². The highest BCUT2D eigenvalue weighted by molar-refractivity contribution is 5.90. The number of amides is 1. The molecule has 6 nitrogen and oxygen atoms in total. The Morgan fingerprint density at radius 1 is 1.67 bits per heavy atom. The van der Waals surface area contributed by atoms with Crippen LogP contribution in [0.15, 0.2) is 0 Å². The lowest BCUT2D eigenvalue weighted by atomic mass is 10.4. The van der Waals surface area contributed by atoms with Crippen LogP contribution >= 0.6 is 0 Å². The average Bonchev–Trinajstić information content (AvgIpc) is 2.46. The van der Waals surface area contributed by atoms with Crippen molar-refractivity contribution in [1.29, 1.82) is 0 Å². The number of aryl methyl sites for hydroxylation is 1. The lowest BCUT2D eigenvalue weighted by Crippen LogP contribution is -2.23. The van der Waals surface area contributed by atoms with Crippen LogP contribution in [0.2, 0.25) is 0 Å². The molecule has 0 aliphatic carbocycles. The quantitative estimate of drug-likeness (QED) is 0.566. The Morgan fingerprint density at radius 2 is 2.50 bits per heavy atom. The van der Waals surface area contributed by atoms with Gasteiger partial charge in [0.1, 0.15) is 0 Å². The Bertz CT molecular complexity index is 318. The van der Waals surface area contributed by atoms with E-state index in [9.17, 15) is 4.79 Å². The first-order valence-electron chi connectivity index (χ1n) is 3.73. The van der Waals surface area contributed by atoms with Crippen LogP contribution in [-0.4, -0.2) is 20.7 Å². The summed E-state index contributed by atoms with van der Waals surface area (Å²) in [5, 5.41) is 6.68. The lowest BCUT2D eigenvalue weighted by Gasteiger charge is -2.11. The highest BCUT2D eigenvalue weighted by Gasteiger charge is 2.17. The maximum atomic E-state index is 10.9. The predicted molar refractivity (Wildman–Crippen MR) is 41.2 cm³/mol. The van der Waals surface area contributed by atoms with E-state index in [1.807, 2.05) is 0 Å². The SMILES string of the molecule is NCc1nc2n(n1)CCC(=O)N2. The molecule has 0 fully saturated rings. The minimum Gasteiger partial charge on any atom is -0.324 e. The molecule has 0 spiro atoms. The Hall–Kier alpha value is -1.43. The summed E-state index contributed by atoms with van der Waals surface area (Å²) in [6, 6.07) is 0. The molecule has 6 heteroatoms. The van der Waals surface area contributed by atoms with Gasteiger partial charge >= 0.3 is 0 Å². The molecule has 1 aromatic heterocycles. The zero-order chi connectivity index (χ0) is 8.55. The fourth-order valence-corrected chi connectivity index (χ4v) is 1.12. The van der Waals surface area contributed by atoms with E-state index in [2.05, 4.69) is 15.4 Å². The van der Waals surface area contributed by atoms with Gasteiger partial charge in [-0.3, -0.25) is 10.1 Å². The normalized spacial score (nSPS) is 15.6. The number of nitrogens with zero attached hydrogens (tertiary/aromatic N) is 3. The maximum absolute atomic E-state index is 10.9. The average molecular weight is 167 g/mol. The molecule has 1 amide bonds. The number of nitrogens with two attached hydrogens (primary N) is 1. The van der Waals surface area contributed by atoms with Gasteiger partial charge in [-0.25, -0.2) is 4.68 Å².